The van der Waals surface area contributed by atoms with Crippen LogP contribution in [0.15, 0.2) is 17.3 Å². The highest BCUT2D eigenvalue weighted by molar-refractivity contribution is 7.94. The quantitative estimate of drug-likeness (QED) is 0.575. The van der Waals surface area contributed by atoms with E-state index in [1.165, 1.54) is 0 Å². The minimum absolute atomic E-state index is 0.455. The third-order valence-corrected chi connectivity index (χ3v) is 5.02. The second-order valence-corrected chi connectivity index (χ2v) is 7.59. The van der Waals surface area contributed by atoms with Gasteiger partial charge in [-0.15, -0.1) is 0 Å². The number of rotatable bonds is 5. The van der Waals surface area contributed by atoms with Crippen molar-refractivity contribution in [3.05, 3.63) is 27.4 Å². The molecule has 1 rings (SSSR count). The SMILES string of the molecule is NS(=O)(=O)CCS(=O)(=O)c1ncc([N+](=O)[O-])cc1Cl. The van der Waals surface area contributed by atoms with Crippen LogP contribution in [0.4, 0.5) is 5.69 Å². The summed E-state index contributed by atoms with van der Waals surface area (Å²) in [7, 11) is -8.05. The van der Waals surface area contributed by atoms with Crippen LogP contribution < -0.4 is 5.14 Å². The first-order chi connectivity index (χ1) is 8.53. The van der Waals surface area contributed by atoms with Gasteiger partial charge in [-0.2, -0.15) is 0 Å². The topological polar surface area (TPSA) is 150 Å². The number of aromatic nitrogens is 1. The third-order valence-electron chi connectivity index (χ3n) is 1.93. The van der Waals surface area contributed by atoms with Gasteiger partial charge in [-0.25, -0.2) is 27.0 Å². The molecule has 0 spiro atoms. The molecule has 106 valence electrons. The molecule has 0 unspecified atom stereocenters. The average Bonchev–Trinajstić information content (AvgIpc) is 2.25. The Hall–Kier alpha value is -1.30. The largest absolute Gasteiger partial charge is 0.289 e. The van der Waals surface area contributed by atoms with Gasteiger partial charge < -0.3 is 0 Å². The molecule has 12 heteroatoms. The lowest BCUT2D eigenvalue weighted by molar-refractivity contribution is -0.385. The molecule has 0 saturated carbocycles. The van der Waals surface area contributed by atoms with Crippen LogP contribution in [0, 0.1) is 10.1 Å². The highest BCUT2D eigenvalue weighted by Crippen LogP contribution is 2.24. The zero-order chi connectivity index (χ0) is 14.8. The molecule has 0 atom stereocenters. The van der Waals surface area contributed by atoms with Gasteiger partial charge in [0.1, 0.15) is 6.20 Å². The summed E-state index contributed by atoms with van der Waals surface area (Å²) >= 11 is 5.58. The van der Waals surface area contributed by atoms with Gasteiger partial charge in [0.05, 0.1) is 21.5 Å². The smallest absolute Gasteiger partial charge is 0.258 e. The van der Waals surface area contributed by atoms with E-state index in [1.807, 2.05) is 0 Å². The predicted molar refractivity (Wildman–Crippen MR) is 65.9 cm³/mol. The fourth-order valence-corrected chi connectivity index (χ4v) is 4.15. The lowest BCUT2D eigenvalue weighted by atomic mass is 10.4. The number of hydrogen-bond donors (Lipinski definition) is 1. The summed E-state index contributed by atoms with van der Waals surface area (Å²) < 4.78 is 44.9. The average molecular weight is 330 g/mol. The summed E-state index contributed by atoms with van der Waals surface area (Å²) in [6.45, 7) is 0. The normalized spacial score (nSPS) is 12.3. The molecule has 0 aliphatic rings. The number of primary sulfonamides is 1. The number of hydrogen-bond acceptors (Lipinski definition) is 7. The molecule has 0 saturated heterocycles. The summed E-state index contributed by atoms with van der Waals surface area (Å²) in [6.07, 6.45) is 0.718. The molecular weight excluding hydrogens is 322 g/mol. The maximum atomic E-state index is 11.7. The van der Waals surface area contributed by atoms with Gasteiger partial charge in [-0.1, -0.05) is 11.6 Å². The second-order valence-electron chi connectivity index (χ2n) is 3.42. The maximum Gasteiger partial charge on any atom is 0.289 e. The number of sulfone groups is 1. The van der Waals surface area contributed by atoms with Crippen molar-refractivity contribution in [3.8, 4) is 0 Å². The van der Waals surface area contributed by atoms with Crippen LogP contribution in [0.3, 0.4) is 0 Å². The Kier molecular flexibility index (Phi) is 4.45. The molecule has 0 aliphatic heterocycles. The number of nitro groups is 1. The lowest BCUT2D eigenvalue weighted by Crippen LogP contribution is -2.23. The fourth-order valence-electron chi connectivity index (χ4n) is 1.07. The summed E-state index contributed by atoms with van der Waals surface area (Å²) in [5, 5.41) is 14.0. The van der Waals surface area contributed by atoms with Crippen LogP contribution >= 0.6 is 11.6 Å². The number of nitrogens with two attached hydrogens (primary N) is 1. The first-order valence-electron chi connectivity index (χ1n) is 4.56. The molecular formula is C7H8ClN3O6S2. The highest BCUT2D eigenvalue weighted by Gasteiger charge is 2.24. The van der Waals surface area contributed by atoms with Gasteiger partial charge in [0.15, 0.2) is 14.9 Å². The van der Waals surface area contributed by atoms with E-state index < -0.39 is 52.0 Å². The van der Waals surface area contributed by atoms with E-state index in [9.17, 15) is 26.9 Å². The molecule has 19 heavy (non-hydrogen) atoms. The van der Waals surface area contributed by atoms with E-state index in [4.69, 9.17) is 11.6 Å². The van der Waals surface area contributed by atoms with Crippen LogP contribution in [0.5, 0.6) is 0 Å². The van der Waals surface area contributed by atoms with Crippen molar-refractivity contribution in [3.63, 3.8) is 0 Å². The molecule has 0 aliphatic carbocycles. The van der Waals surface area contributed by atoms with Crippen LogP contribution in [0.2, 0.25) is 5.02 Å². The Morgan fingerprint density at radius 3 is 2.32 bits per heavy atom. The van der Waals surface area contributed by atoms with Gasteiger partial charge in [-0.3, -0.25) is 10.1 Å². The fraction of sp³-hybridized carbons (Fsp3) is 0.286. The van der Waals surface area contributed by atoms with Gasteiger partial charge in [0, 0.05) is 6.07 Å². The van der Waals surface area contributed by atoms with E-state index in [2.05, 4.69) is 10.1 Å². The Morgan fingerprint density at radius 2 is 1.89 bits per heavy atom. The lowest BCUT2D eigenvalue weighted by Gasteiger charge is -2.04. The van der Waals surface area contributed by atoms with Gasteiger partial charge in [0.2, 0.25) is 10.0 Å². The van der Waals surface area contributed by atoms with Crippen molar-refractivity contribution < 1.29 is 21.8 Å². The van der Waals surface area contributed by atoms with Crippen LogP contribution in [-0.4, -0.2) is 38.2 Å². The van der Waals surface area contributed by atoms with Gasteiger partial charge in [-0.05, 0) is 0 Å². The highest BCUT2D eigenvalue weighted by atomic mass is 35.5. The Morgan fingerprint density at radius 1 is 1.32 bits per heavy atom. The maximum absolute atomic E-state index is 11.7. The summed E-state index contributed by atoms with van der Waals surface area (Å²) in [5.41, 5.74) is -0.476. The molecule has 0 radical (unpaired) electrons. The first kappa shape index (κ1) is 15.8. The number of halogens is 1. The van der Waals surface area contributed by atoms with Crippen LogP contribution in [0.25, 0.3) is 0 Å². The van der Waals surface area contributed by atoms with E-state index in [0.717, 1.165) is 12.3 Å². The van der Waals surface area contributed by atoms with E-state index >= 15 is 0 Å². The molecule has 9 nitrogen and oxygen atoms in total. The minimum atomic E-state index is -4.09. The molecule has 0 aromatic carbocycles. The van der Waals surface area contributed by atoms with Crippen molar-refractivity contribution in [2.24, 2.45) is 5.14 Å². The zero-order valence-corrected chi connectivity index (χ0v) is 11.6. The molecule has 1 aromatic heterocycles. The Bertz CT molecular complexity index is 714. The van der Waals surface area contributed by atoms with E-state index in [-0.39, 0.29) is 0 Å². The Balaban J connectivity index is 3.12. The standard InChI is InChI=1S/C7H8ClN3O6S2/c8-6-3-5(11(12)13)4-10-7(6)18(14,15)1-2-19(9,16)17/h3-4H,1-2H2,(H2,9,16,17). The van der Waals surface area contributed by atoms with Crippen LogP contribution in [0.1, 0.15) is 0 Å². The molecule has 2 N–H and O–H groups in total. The molecule has 0 amide bonds. The summed E-state index contributed by atoms with van der Waals surface area (Å²) in [4.78, 5) is 13.0. The number of pyridine rings is 1. The first-order valence-corrected chi connectivity index (χ1v) is 8.31. The number of sulfonamides is 1. The van der Waals surface area contributed by atoms with E-state index in [1.54, 1.807) is 0 Å². The van der Waals surface area contributed by atoms with Crippen molar-refractivity contribution in [1.29, 1.82) is 0 Å². The minimum Gasteiger partial charge on any atom is -0.258 e. The van der Waals surface area contributed by atoms with Gasteiger partial charge in [0.25, 0.3) is 5.69 Å². The zero-order valence-electron chi connectivity index (χ0n) is 9.18. The van der Waals surface area contributed by atoms with Crippen molar-refractivity contribution >= 4 is 37.1 Å². The predicted octanol–water partition coefficient (Wildman–Crippen LogP) is -0.295. The third kappa shape index (κ3) is 4.38. The molecule has 1 heterocycles. The van der Waals surface area contributed by atoms with Gasteiger partial charge >= 0.3 is 0 Å². The molecule has 1 aromatic rings. The Labute approximate surface area is 113 Å². The molecule has 0 fully saturated rings. The van der Waals surface area contributed by atoms with Crippen molar-refractivity contribution in [2.45, 2.75) is 5.03 Å². The number of nitrogens with zero attached hydrogens (tertiary/aromatic N) is 2. The van der Waals surface area contributed by atoms with Crippen LogP contribution in [-0.2, 0) is 19.9 Å². The molecule has 0 bridgehead atoms. The summed E-state index contributed by atoms with van der Waals surface area (Å²) in [5.74, 6) is -1.61. The summed E-state index contributed by atoms with van der Waals surface area (Å²) in [6, 6.07) is 0.818. The van der Waals surface area contributed by atoms with Crippen molar-refractivity contribution in [1.82, 2.24) is 4.98 Å². The second kappa shape index (κ2) is 5.36. The van der Waals surface area contributed by atoms with Crippen molar-refractivity contribution in [2.75, 3.05) is 11.5 Å². The monoisotopic (exact) mass is 329 g/mol. The van der Waals surface area contributed by atoms with E-state index in [0.29, 0.717) is 0 Å².